The molecule has 0 aromatic carbocycles. The summed E-state index contributed by atoms with van der Waals surface area (Å²) in [5.41, 5.74) is 2.10. The monoisotopic (exact) mass is 197 g/mol. The normalized spacial score (nSPS) is 9.86. The molecule has 0 unspecified atom stereocenters. The molecule has 0 aliphatic carbocycles. The Bertz CT molecular complexity index is 182. The van der Waals surface area contributed by atoms with E-state index in [4.69, 9.17) is 5.84 Å². The molecule has 0 aliphatic rings. The molecule has 1 amide bonds. The summed E-state index contributed by atoms with van der Waals surface area (Å²) in [7, 11) is 0. The van der Waals surface area contributed by atoms with Crippen molar-refractivity contribution in [3.63, 3.8) is 0 Å². The van der Waals surface area contributed by atoms with E-state index in [1.807, 2.05) is 12.2 Å². The molecule has 0 atom stereocenters. The molecule has 0 radical (unpaired) electrons. The van der Waals surface area contributed by atoms with Gasteiger partial charge < -0.3 is 0 Å². The van der Waals surface area contributed by atoms with E-state index in [1.54, 1.807) is 0 Å². The minimum absolute atomic E-state index is 0.123. The topological polar surface area (TPSA) is 58.4 Å². The highest BCUT2D eigenvalue weighted by atomic mass is 16.2. The van der Waals surface area contributed by atoms with Gasteiger partial charge in [-0.05, 0) is 13.0 Å². The Morgan fingerprint density at radius 2 is 1.93 bits per heavy atom. The molecule has 4 heteroatoms. The standard InChI is InChI=1S/C10H19N3O/c1-3-7-13(8-4-2)9-5-6-10(14)12-11/h3-4H,1-2,5-9,11H2,(H,12,14). The molecule has 80 valence electrons. The molecule has 0 spiro atoms. The molecule has 14 heavy (non-hydrogen) atoms. The summed E-state index contributed by atoms with van der Waals surface area (Å²) in [6.07, 6.45) is 4.94. The van der Waals surface area contributed by atoms with E-state index >= 15 is 0 Å². The van der Waals surface area contributed by atoms with E-state index in [2.05, 4.69) is 23.5 Å². The number of hydrogen-bond donors (Lipinski definition) is 2. The summed E-state index contributed by atoms with van der Waals surface area (Å²) >= 11 is 0. The van der Waals surface area contributed by atoms with Gasteiger partial charge >= 0.3 is 0 Å². The average molecular weight is 197 g/mol. The van der Waals surface area contributed by atoms with Crippen molar-refractivity contribution in [2.75, 3.05) is 19.6 Å². The average Bonchev–Trinajstić information content (AvgIpc) is 2.18. The third kappa shape index (κ3) is 6.39. The Hall–Kier alpha value is -1.13. The first kappa shape index (κ1) is 12.9. The van der Waals surface area contributed by atoms with Crippen LogP contribution in [0.1, 0.15) is 12.8 Å². The molecule has 0 aromatic heterocycles. The summed E-state index contributed by atoms with van der Waals surface area (Å²) in [6, 6.07) is 0. The number of carbonyl (C=O) groups excluding carboxylic acids is 1. The predicted octanol–water partition coefficient (Wildman–Crippen LogP) is 0.430. The van der Waals surface area contributed by atoms with Crippen LogP contribution in [0.5, 0.6) is 0 Å². The van der Waals surface area contributed by atoms with Gasteiger partial charge in [0.2, 0.25) is 5.91 Å². The molecular weight excluding hydrogens is 178 g/mol. The third-order valence-electron chi connectivity index (χ3n) is 1.81. The Labute approximate surface area is 85.4 Å². The lowest BCUT2D eigenvalue weighted by Crippen LogP contribution is -2.31. The van der Waals surface area contributed by atoms with Crippen molar-refractivity contribution in [2.24, 2.45) is 5.84 Å². The summed E-state index contributed by atoms with van der Waals surface area (Å²) < 4.78 is 0. The fraction of sp³-hybridized carbons (Fsp3) is 0.500. The van der Waals surface area contributed by atoms with Crippen LogP contribution in [0.3, 0.4) is 0 Å². The Kier molecular flexibility index (Phi) is 7.78. The fourth-order valence-corrected chi connectivity index (χ4v) is 1.16. The Balaban J connectivity index is 3.64. The van der Waals surface area contributed by atoms with E-state index in [0.717, 1.165) is 26.1 Å². The molecule has 0 saturated carbocycles. The second kappa shape index (κ2) is 8.47. The minimum atomic E-state index is -0.123. The molecule has 4 nitrogen and oxygen atoms in total. The van der Waals surface area contributed by atoms with E-state index < -0.39 is 0 Å². The SMILES string of the molecule is C=CCN(CC=C)CCCC(=O)NN. The molecule has 0 aliphatic heterocycles. The van der Waals surface area contributed by atoms with Crippen LogP contribution < -0.4 is 11.3 Å². The number of hydrazine groups is 1. The molecular formula is C10H19N3O. The van der Waals surface area contributed by atoms with Crippen molar-refractivity contribution in [3.8, 4) is 0 Å². The third-order valence-corrected chi connectivity index (χ3v) is 1.81. The van der Waals surface area contributed by atoms with Crippen LogP contribution in [0, 0.1) is 0 Å². The highest BCUT2D eigenvalue weighted by Gasteiger charge is 2.02. The maximum Gasteiger partial charge on any atom is 0.233 e. The van der Waals surface area contributed by atoms with Gasteiger partial charge in [0.15, 0.2) is 0 Å². The van der Waals surface area contributed by atoms with Crippen LogP contribution in [0.25, 0.3) is 0 Å². The summed E-state index contributed by atoms with van der Waals surface area (Å²) in [5, 5.41) is 0. The summed E-state index contributed by atoms with van der Waals surface area (Å²) in [5.74, 6) is 4.84. The zero-order valence-electron chi connectivity index (χ0n) is 8.54. The van der Waals surface area contributed by atoms with Gasteiger partial charge in [-0.15, -0.1) is 13.2 Å². The maximum absolute atomic E-state index is 10.8. The number of hydrogen-bond acceptors (Lipinski definition) is 3. The highest BCUT2D eigenvalue weighted by molar-refractivity contribution is 5.75. The number of rotatable bonds is 8. The van der Waals surface area contributed by atoms with Crippen LogP contribution in [-0.2, 0) is 4.79 Å². The van der Waals surface area contributed by atoms with Crippen LogP contribution in [0.2, 0.25) is 0 Å². The molecule has 0 rings (SSSR count). The molecule has 0 aromatic rings. The second-order valence-corrected chi connectivity index (χ2v) is 3.01. The predicted molar refractivity (Wildman–Crippen MR) is 58.4 cm³/mol. The lowest BCUT2D eigenvalue weighted by molar-refractivity contribution is -0.121. The smallest absolute Gasteiger partial charge is 0.233 e. The van der Waals surface area contributed by atoms with Crippen molar-refractivity contribution in [2.45, 2.75) is 12.8 Å². The number of nitrogens with one attached hydrogen (secondary N) is 1. The van der Waals surface area contributed by atoms with Gasteiger partial charge in [0.05, 0.1) is 0 Å². The van der Waals surface area contributed by atoms with Gasteiger partial charge in [0, 0.05) is 19.5 Å². The maximum atomic E-state index is 10.8. The first-order valence-corrected chi connectivity index (χ1v) is 4.68. The van der Waals surface area contributed by atoms with Crippen LogP contribution in [-0.4, -0.2) is 30.4 Å². The first-order chi connectivity index (χ1) is 6.74. The highest BCUT2D eigenvalue weighted by Crippen LogP contribution is 1.95. The molecule has 0 bridgehead atoms. The van der Waals surface area contributed by atoms with Crippen LogP contribution in [0.4, 0.5) is 0 Å². The van der Waals surface area contributed by atoms with Crippen LogP contribution >= 0.6 is 0 Å². The fourth-order valence-electron chi connectivity index (χ4n) is 1.16. The van der Waals surface area contributed by atoms with Gasteiger partial charge in [-0.1, -0.05) is 12.2 Å². The quantitative estimate of drug-likeness (QED) is 0.257. The van der Waals surface area contributed by atoms with Gasteiger partial charge in [-0.25, -0.2) is 5.84 Å². The van der Waals surface area contributed by atoms with Gasteiger partial charge in [0.1, 0.15) is 0 Å². The van der Waals surface area contributed by atoms with E-state index in [9.17, 15) is 4.79 Å². The lowest BCUT2D eigenvalue weighted by atomic mass is 10.2. The van der Waals surface area contributed by atoms with Crippen molar-refractivity contribution in [1.29, 1.82) is 0 Å². The van der Waals surface area contributed by atoms with Crippen LogP contribution in [0.15, 0.2) is 25.3 Å². The zero-order chi connectivity index (χ0) is 10.8. The van der Waals surface area contributed by atoms with E-state index in [0.29, 0.717) is 6.42 Å². The molecule has 0 heterocycles. The number of nitrogens with two attached hydrogens (primary N) is 1. The van der Waals surface area contributed by atoms with Gasteiger partial charge in [-0.3, -0.25) is 15.1 Å². The van der Waals surface area contributed by atoms with Gasteiger partial charge in [-0.2, -0.15) is 0 Å². The van der Waals surface area contributed by atoms with Crippen molar-refractivity contribution in [1.82, 2.24) is 10.3 Å². The Morgan fingerprint density at radius 3 is 2.36 bits per heavy atom. The first-order valence-electron chi connectivity index (χ1n) is 4.68. The number of amides is 1. The number of carbonyl (C=O) groups is 1. The minimum Gasteiger partial charge on any atom is -0.296 e. The zero-order valence-corrected chi connectivity index (χ0v) is 8.54. The van der Waals surface area contributed by atoms with Crippen molar-refractivity contribution < 1.29 is 4.79 Å². The molecule has 0 saturated heterocycles. The molecule has 3 N–H and O–H groups in total. The number of nitrogens with zero attached hydrogens (tertiary/aromatic N) is 1. The Morgan fingerprint density at radius 1 is 1.36 bits per heavy atom. The second-order valence-electron chi connectivity index (χ2n) is 3.01. The molecule has 0 fully saturated rings. The summed E-state index contributed by atoms with van der Waals surface area (Å²) in [4.78, 5) is 13.0. The van der Waals surface area contributed by atoms with Crippen molar-refractivity contribution >= 4 is 5.91 Å². The van der Waals surface area contributed by atoms with E-state index in [-0.39, 0.29) is 5.91 Å². The largest absolute Gasteiger partial charge is 0.296 e. The van der Waals surface area contributed by atoms with E-state index in [1.165, 1.54) is 0 Å². The summed E-state index contributed by atoms with van der Waals surface area (Å²) in [6.45, 7) is 9.82. The van der Waals surface area contributed by atoms with Crippen molar-refractivity contribution in [3.05, 3.63) is 25.3 Å². The lowest BCUT2D eigenvalue weighted by Gasteiger charge is -2.17. The van der Waals surface area contributed by atoms with Gasteiger partial charge in [0.25, 0.3) is 0 Å².